The van der Waals surface area contributed by atoms with Crippen LogP contribution in [0.2, 0.25) is 0 Å². The summed E-state index contributed by atoms with van der Waals surface area (Å²) in [6.07, 6.45) is 3.73. The van der Waals surface area contributed by atoms with Gasteiger partial charge in [-0.3, -0.25) is 4.79 Å². The fourth-order valence-corrected chi connectivity index (χ4v) is 1.46. The number of carbonyl (C=O) groups is 1. The monoisotopic (exact) mass is 191 g/mol. The first kappa shape index (κ1) is 9.19. The molecule has 0 unspecified atom stereocenters. The van der Waals surface area contributed by atoms with Gasteiger partial charge in [-0.25, -0.2) is 4.98 Å². The van der Waals surface area contributed by atoms with Crippen molar-refractivity contribution in [3.63, 3.8) is 0 Å². The van der Waals surface area contributed by atoms with E-state index in [0.717, 1.165) is 18.4 Å². The SMILES string of the molecule is COc1ncc(C)cc1C(=O)C1CC1. The van der Waals surface area contributed by atoms with Crippen molar-refractivity contribution in [3.05, 3.63) is 23.4 Å². The molecule has 14 heavy (non-hydrogen) atoms. The number of aryl methyl sites for hydroxylation is 1. The first-order chi connectivity index (χ1) is 6.72. The van der Waals surface area contributed by atoms with E-state index in [4.69, 9.17) is 4.74 Å². The highest BCUT2D eigenvalue weighted by molar-refractivity contribution is 6.01. The average Bonchev–Trinajstić information content (AvgIpc) is 3.00. The third kappa shape index (κ3) is 1.62. The topological polar surface area (TPSA) is 39.2 Å². The summed E-state index contributed by atoms with van der Waals surface area (Å²) < 4.78 is 5.07. The highest BCUT2D eigenvalue weighted by Gasteiger charge is 2.32. The second kappa shape index (κ2) is 3.40. The number of ketones is 1. The van der Waals surface area contributed by atoms with E-state index in [9.17, 15) is 4.79 Å². The summed E-state index contributed by atoms with van der Waals surface area (Å²) in [5.74, 6) is 0.845. The van der Waals surface area contributed by atoms with Gasteiger partial charge in [0.25, 0.3) is 0 Å². The van der Waals surface area contributed by atoms with Crippen LogP contribution in [0.15, 0.2) is 12.3 Å². The lowest BCUT2D eigenvalue weighted by Gasteiger charge is -2.06. The summed E-state index contributed by atoms with van der Waals surface area (Å²) in [5, 5.41) is 0. The summed E-state index contributed by atoms with van der Waals surface area (Å²) in [4.78, 5) is 15.9. The van der Waals surface area contributed by atoms with Gasteiger partial charge in [-0.15, -0.1) is 0 Å². The number of methoxy groups -OCH3 is 1. The van der Waals surface area contributed by atoms with E-state index in [0.29, 0.717) is 11.4 Å². The van der Waals surface area contributed by atoms with Crippen molar-refractivity contribution >= 4 is 5.78 Å². The van der Waals surface area contributed by atoms with Crippen LogP contribution in [0.25, 0.3) is 0 Å². The Hall–Kier alpha value is -1.38. The molecule has 1 aliphatic carbocycles. The normalized spacial score (nSPS) is 15.3. The van der Waals surface area contributed by atoms with Crippen LogP contribution in [-0.2, 0) is 0 Å². The molecule has 1 fully saturated rings. The first-order valence-corrected chi connectivity index (χ1v) is 4.77. The molecular weight excluding hydrogens is 178 g/mol. The number of nitrogens with zero attached hydrogens (tertiary/aromatic N) is 1. The zero-order valence-corrected chi connectivity index (χ0v) is 8.41. The minimum atomic E-state index is 0.179. The van der Waals surface area contributed by atoms with Crippen molar-refractivity contribution in [3.8, 4) is 5.88 Å². The number of aromatic nitrogens is 1. The lowest BCUT2D eigenvalue weighted by Crippen LogP contribution is -2.05. The molecule has 2 rings (SSSR count). The largest absolute Gasteiger partial charge is 0.480 e. The average molecular weight is 191 g/mol. The van der Waals surface area contributed by atoms with Gasteiger partial charge in [-0.1, -0.05) is 0 Å². The quantitative estimate of drug-likeness (QED) is 0.686. The molecule has 0 bridgehead atoms. The molecule has 0 aliphatic heterocycles. The Labute approximate surface area is 83.1 Å². The molecule has 0 radical (unpaired) electrons. The number of ether oxygens (including phenoxy) is 1. The Bertz CT molecular complexity index is 370. The molecule has 1 aliphatic rings. The molecule has 74 valence electrons. The Morgan fingerprint density at radius 1 is 1.57 bits per heavy atom. The van der Waals surface area contributed by atoms with Gasteiger partial charge < -0.3 is 4.74 Å². The molecule has 0 aromatic carbocycles. The zero-order valence-electron chi connectivity index (χ0n) is 8.41. The third-order valence-electron chi connectivity index (χ3n) is 2.39. The predicted molar refractivity (Wildman–Crippen MR) is 52.6 cm³/mol. The van der Waals surface area contributed by atoms with Crippen molar-refractivity contribution in [1.82, 2.24) is 4.98 Å². The number of pyridine rings is 1. The Morgan fingerprint density at radius 3 is 2.86 bits per heavy atom. The summed E-state index contributed by atoms with van der Waals surface area (Å²) in [7, 11) is 1.54. The van der Waals surface area contributed by atoms with Crippen molar-refractivity contribution in [2.45, 2.75) is 19.8 Å². The number of Topliss-reactive ketones (excluding diaryl/α,β-unsaturated/α-hetero) is 1. The van der Waals surface area contributed by atoms with Crippen LogP contribution in [0.3, 0.4) is 0 Å². The van der Waals surface area contributed by atoms with Gasteiger partial charge >= 0.3 is 0 Å². The maximum absolute atomic E-state index is 11.8. The van der Waals surface area contributed by atoms with E-state index in [1.807, 2.05) is 13.0 Å². The van der Waals surface area contributed by atoms with E-state index in [1.54, 1.807) is 13.3 Å². The van der Waals surface area contributed by atoms with Crippen molar-refractivity contribution in [2.24, 2.45) is 5.92 Å². The highest BCUT2D eigenvalue weighted by atomic mass is 16.5. The Kier molecular flexibility index (Phi) is 2.23. The lowest BCUT2D eigenvalue weighted by molar-refractivity contribution is 0.0964. The smallest absolute Gasteiger partial charge is 0.224 e. The second-order valence-electron chi connectivity index (χ2n) is 3.71. The Morgan fingerprint density at radius 2 is 2.29 bits per heavy atom. The molecule has 3 heteroatoms. The van der Waals surface area contributed by atoms with E-state index >= 15 is 0 Å². The summed E-state index contributed by atoms with van der Waals surface area (Å²) in [5.41, 5.74) is 1.63. The number of hydrogen-bond donors (Lipinski definition) is 0. The maximum Gasteiger partial charge on any atom is 0.224 e. The van der Waals surface area contributed by atoms with Crippen LogP contribution in [0.1, 0.15) is 28.8 Å². The molecule has 1 aromatic heterocycles. The number of rotatable bonds is 3. The van der Waals surface area contributed by atoms with Crippen molar-refractivity contribution in [2.75, 3.05) is 7.11 Å². The molecule has 0 saturated heterocycles. The molecule has 0 spiro atoms. The van der Waals surface area contributed by atoms with Crippen LogP contribution in [0.4, 0.5) is 0 Å². The van der Waals surface area contributed by atoms with Crippen LogP contribution >= 0.6 is 0 Å². The molecule has 1 heterocycles. The van der Waals surface area contributed by atoms with Gasteiger partial charge in [-0.2, -0.15) is 0 Å². The highest BCUT2D eigenvalue weighted by Crippen LogP contribution is 2.34. The van der Waals surface area contributed by atoms with E-state index in [-0.39, 0.29) is 11.7 Å². The Balaban J connectivity index is 2.37. The van der Waals surface area contributed by atoms with E-state index in [1.165, 1.54) is 0 Å². The first-order valence-electron chi connectivity index (χ1n) is 4.77. The molecular formula is C11H13NO2. The second-order valence-corrected chi connectivity index (χ2v) is 3.71. The maximum atomic E-state index is 11.8. The number of hydrogen-bond acceptors (Lipinski definition) is 3. The van der Waals surface area contributed by atoms with E-state index < -0.39 is 0 Å². The minimum Gasteiger partial charge on any atom is -0.480 e. The van der Waals surface area contributed by atoms with E-state index in [2.05, 4.69) is 4.98 Å². The molecule has 1 aromatic rings. The third-order valence-corrected chi connectivity index (χ3v) is 2.39. The zero-order chi connectivity index (χ0) is 10.1. The molecule has 0 atom stereocenters. The summed E-state index contributed by atoms with van der Waals surface area (Å²) in [6, 6.07) is 1.85. The standard InChI is InChI=1S/C11H13NO2/c1-7-5-9(10(13)8-3-4-8)11(14-2)12-6-7/h5-6,8H,3-4H2,1-2H3. The molecule has 3 nitrogen and oxygen atoms in total. The van der Waals surface area contributed by atoms with Gasteiger partial charge in [0.1, 0.15) is 0 Å². The van der Waals surface area contributed by atoms with Gasteiger partial charge in [0.15, 0.2) is 5.78 Å². The van der Waals surface area contributed by atoms with Gasteiger partial charge in [0.2, 0.25) is 5.88 Å². The summed E-state index contributed by atoms with van der Waals surface area (Å²) in [6.45, 7) is 1.93. The van der Waals surface area contributed by atoms with Crippen LogP contribution in [0.5, 0.6) is 5.88 Å². The fraction of sp³-hybridized carbons (Fsp3) is 0.455. The van der Waals surface area contributed by atoms with Gasteiger partial charge in [-0.05, 0) is 31.4 Å². The predicted octanol–water partition coefficient (Wildman–Crippen LogP) is 1.99. The van der Waals surface area contributed by atoms with Crippen molar-refractivity contribution < 1.29 is 9.53 Å². The molecule has 0 amide bonds. The van der Waals surface area contributed by atoms with Crippen LogP contribution in [0, 0.1) is 12.8 Å². The van der Waals surface area contributed by atoms with Gasteiger partial charge in [0, 0.05) is 12.1 Å². The molecule has 0 N–H and O–H groups in total. The van der Waals surface area contributed by atoms with Crippen molar-refractivity contribution in [1.29, 1.82) is 0 Å². The van der Waals surface area contributed by atoms with Crippen LogP contribution in [-0.4, -0.2) is 17.9 Å². The van der Waals surface area contributed by atoms with Gasteiger partial charge in [0.05, 0.1) is 12.7 Å². The van der Waals surface area contributed by atoms with Crippen LogP contribution < -0.4 is 4.74 Å². The lowest BCUT2D eigenvalue weighted by atomic mass is 10.1. The minimum absolute atomic E-state index is 0.179. The number of carbonyl (C=O) groups excluding carboxylic acids is 1. The molecule has 1 saturated carbocycles. The fourth-order valence-electron chi connectivity index (χ4n) is 1.46. The summed E-state index contributed by atoms with van der Waals surface area (Å²) >= 11 is 0.